The molecule has 0 aromatic rings. The van der Waals surface area contributed by atoms with E-state index in [1.165, 1.54) is 141 Å². The number of allylic oxidation sites excluding steroid dienone is 2. The fraction of sp³-hybridized carbons (Fsp3) is 0.952. The van der Waals surface area contributed by atoms with Crippen molar-refractivity contribution in [3.05, 3.63) is 12.2 Å². The number of nitrogens with one attached hydrogen (secondary N) is 1. The summed E-state index contributed by atoms with van der Waals surface area (Å²) in [6, 6.07) is -0.887. The van der Waals surface area contributed by atoms with E-state index in [4.69, 9.17) is 28.4 Å². The number of unbranched alkanes of at least 4 members (excludes halogenated alkanes) is 31. The van der Waals surface area contributed by atoms with E-state index in [1.807, 2.05) is 0 Å². The Kier molecular flexibility index (Phi) is 41.7. The normalized spacial score (nSPS) is 29.8. The molecular formula is C62H117NO18. The molecule has 0 saturated carbocycles. The van der Waals surface area contributed by atoms with Crippen LogP contribution in [0.5, 0.6) is 0 Å². The number of rotatable bonds is 49. The quantitative estimate of drug-likeness (QED) is 0.0217. The molecular weight excluding hydrogens is 1050 g/mol. The lowest BCUT2D eigenvalue weighted by molar-refractivity contribution is -0.379. The molecule has 3 fully saturated rings. The molecule has 0 radical (unpaired) electrons. The summed E-state index contributed by atoms with van der Waals surface area (Å²) in [6.45, 7) is 1.73. The summed E-state index contributed by atoms with van der Waals surface area (Å²) in [4.78, 5) is 13.3. The van der Waals surface area contributed by atoms with Gasteiger partial charge in [-0.15, -0.1) is 0 Å². The third kappa shape index (κ3) is 29.2. The second kappa shape index (κ2) is 45.8. The summed E-state index contributed by atoms with van der Waals surface area (Å²) >= 11 is 0. The highest BCUT2D eigenvalue weighted by Gasteiger charge is 2.53. The molecule has 19 heteroatoms. The minimum absolute atomic E-state index is 0.253. The molecule has 81 heavy (non-hydrogen) atoms. The summed E-state index contributed by atoms with van der Waals surface area (Å²) in [5.74, 6) is -0.253. The Morgan fingerprint density at radius 2 is 0.802 bits per heavy atom. The molecule has 3 aliphatic rings. The molecule has 0 aliphatic carbocycles. The van der Waals surface area contributed by atoms with Crippen molar-refractivity contribution in [2.45, 2.75) is 349 Å². The fourth-order valence-corrected chi connectivity index (χ4v) is 11.3. The molecule has 17 atom stereocenters. The van der Waals surface area contributed by atoms with Crippen molar-refractivity contribution in [1.82, 2.24) is 5.32 Å². The number of hydrogen-bond donors (Lipinski definition) is 12. The largest absolute Gasteiger partial charge is 0.394 e. The Hall–Kier alpha value is -1.47. The van der Waals surface area contributed by atoms with E-state index in [9.17, 15) is 61.0 Å². The van der Waals surface area contributed by atoms with Gasteiger partial charge in [0, 0.05) is 6.42 Å². The van der Waals surface area contributed by atoms with Crippen LogP contribution in [0.25, 0.3) is 0 Å². The van der Waals surface area contributed by atoms with Gasteiger partial charge in [-0.2, -0.15) is 0 Å². The van der Waals surface area contributed by atoms with Crippen LogP contribution in [0, 0.1) is 0 Å². The predicted molar refractivity (Wildman–Crippen MR) is 310 cm³/mol. The van der Waals surface area contributed by atoms with Gasteiger partial charge in [0.05, 0.1) is 38.6 Å². The first-order chi connectivity index (χ1) is 39.3. The van der Waals surface area contributed by atoms with Crippen LogP contribution in [0.4, 0.5) is 0 Å². The van der Waals surface area contributed by atoms with Crippen LogP contribution in [0.1, 0.15) is 245 Å². The summed E-state index contributed by atoms with van der Waals surface area (Å²) < 4.78 is 34.3. The van der Waals surface area contributed by atoms with Crippen molar-refractivity contribution in [2.75, 3.05) is 26.4 Å². The zero-order valence-electron chi connectivity index (χ0n) is 50.0. The molecule has 19 nitrogen and oxygen atoms in total. The van der Waals surface area contributed by atoms with Crippen molar-refractivity contribution < 1.29 is 89.4 Å². The van der Waals surface area contributed by atoms with Gasteiger partial charge in [-0.25, -0.2) is 0 Å². The molecule has 0 bridgehead atoms. The monoisotopic (exact) mass is 1160 g/mol. The van der Waals surface area contributed by atoms with Gasteiger partial charge in [-0.05, 0) is 32.1 Å². The Labute approximate surface area is 486 Å². The molecule has 0 aromatic carbocycles. The summed E-state index contributed by atoms with van der Waals surface area (Å²) in [6.07, 6.45) is 20.4. The Bertz CT molecular complexity index is 1530. The van der Waals surface area contributed by atoms with Gasteiger partial charge in [-0.1, -0.05) is 219 Å². The highest BCUT2D eigenvalue weighted by molar-refractivity contribution is 5.76. The highest BCUT2D eigenvalue weighted by atomic mass is 16.8. The smallest absolute Gasteiger partial charge is 0.220 e. The molecule has 3 saturated heterocycles. The topological polar surface area (TPSA) is 307 Å². The summed E-state index contributed by atoms with van der Waals surface area (Å²) in [5, 5.41) is 120. The molecule has 12 N–H and O–H groups in total. The van der Waals surface area contributed by atoms with Crippen molar-refractivity contribution >= 4 is 5.91 Å². The van der Waals surface area contributed by atoms with Gasteiger partial charge in [0.25, 0.3) is 0 Å². The van der Waals surface area contributed by atoms with Crippen molar-refractivity contribution in [1.29, 1.82) is 0 Å². The summed E-state index contributed by atoms with van der Waals surface area (Å²) in [7, 11) is 0. The molecule has 3 aliphatic heterocycles. The lowest BCUT2D eigenvalue weighted by atomic mass is 9.96. The number of aliphatic hydroxyl groups is 11. The van der Waals surface area contributed by atoms with Crippen LogP contribution in [0.3, 0.4) is 0 Å². The zero-order valence-corrected chi connectivity index (χ0v) is 50.0. The third-order valence-corrected chi connectivity index (χ3v) is 16.6. The highest BCUT2D eigenvalue weighted by Crippen LogP contribution is 2.33. The lowest BCUT2D eigenvalue weighted by Gasteiger charge is -2.48. The number of carbonyl (C=O) groups is 1. The van der Waals surface area contributed by atoms with E-state index in [2.05, 4.69) is 31.3 Å². The van der Waals surface area contributed by atoms with Crippen molar-refractivity contribution in [3.63, 3.8) is 0 Å². The van der Waals surface area contributed by atoms with Crippen LogP contribution >= 0.6 is 0 Å². The zero-order chi connectivity index (χ0) is 59.0. The van der Waals surface area contributed by atoms with Gasteiger partial charge < -0.3 is 89.9 Å². The van der Waals surface area contributed by atoms with E-state index in [0.29, 0.717) is 12.8 Å². The Morgan fingerprint density at radius 1 is 0.432 bits per heavy atom. The van der Waals surface area contributed by atoms with E-state index >= 15 is 0 Å². The van der Waals surface area contributed by atoms with Gasteiger partial charge in [0.15, 0.2) is 18.9 Å². The van der Waals surface area contributed by atoms with E-state index in [-0.39, 0.29) is 18.9 Å². The first kappa shape index (κ1) is 73.8. The van der Waals surface area contributed by atoms with E-state index in [0.717, 1.165) is 70.6 Å². The van der Waals surface area contributed by atoms with Gasteiger partial charge in [0.1, 0.15) is 73.2 Å². The molecule has 478 valence electrons. The van der Waals surface area contributed by atoms with Crippen LogP contribution in [-0.2, 0) is 33.2 Å². The number of ether oxygens (including phenoxy) is 6. The maximum Gasteiger partial charge on any atom is 0.220 e. The SMILES string of the molecule is CCC/C=C\CCCCCCCC(=O)NC(COC1OC(CO)C(OC2OC(CO)C(OC3OC(CO)C(O)C(O)C3O)C(O)C2O)C(O)C1O)C(O)CCCCCCCCCCCCCCCCCCCCCCCCCCCC. The Balaban J connectivity index is 1.40. The van der Waals surface area contributed by atoms with Crippen LogP contribution in [0.2, 0.25) is 0 Å². The Morgan fingerprint density at radius 3 is 1.25 bits per heavy atom. The van der Waals surface area contributed by atoms with Crippen molar-refractivity contribution in [2.24, 2.45) is 0 Å². The fourth-order valence-electron chi connectivity index (χ4n) is 11.3. The number of aliphatic hydroxyl groups excluding tert-OH is 11. The average Bonchev–Trinajstić information content (AvgIpc) is 3.48. The number of amides is 1. The van der Waals surface area contributed by atoms with Crippen LogP contribution < -0.4 is 5.32 Å². The first-order valence-corrected chi connectivity index (χ1v) is 32.4. The first-order valence-electron chi connectivity index (χ1n) is 32.4. The van der Waals surface area contributed by atoms with Crippen molar-refractivity contribution in [3.8, 4) is 0 Å². The third-order valence-electron chi connectivity index (χ3n) is 16.6. The maximum atomic E-state index is 13.3. The molecule has 1 amide bonds. The second-order valence-electron chi connectivity index (χ2n) is 23.6. The minimum atomic E-state index is -1.97. The number of carbonyl (C=O) groups excluding carboxylic acids is 1. The van der Waals surface area contributed by atoms with E-state index in [1.54, 1.807) is 0 Å². The molecule has 3 rings (SSSR count). The van der Waals surface area contributed by atoms with Crippen LogP contribution in [0.15, 0.2) is 12.2 Å². The van der Waals surface area contributed by atoms with Gasteiger partial charge in [0.2, 0.25) is 5.91 Å². The average molecular weight is 1160 g/mol. The molecule has 17 unspecified atom stereocenters. The standard InChI is InChI=1S/C62H117NO18/c1-3-5-7-9-11-13-15-16-17-18-19-20-21-22-23-24-25-26-27-28-29-30-31-33-35-37-39-46(67)45(63-50(68)40-38-36-34-32-14-12-10-8-6-4-2)44-76-60-56(74)53(71)58(48(42-65)78-60)81-62-57(75)54(72)59(49(43-66)79-62)80-61-55(73)52(70)51(69)47(41-64)77-61/h8,10,45-49,51-62,64-67,69-75H,3-7,9,11-44H2,1-2H3,(H,63,68)/b10-8-. The van der Waals surface area contributed by atoms with E-state index < -0.39 is 124 Å². The van der Waals surface area contributed by atoms with Gasteiger partial charge >= 0.3 is 0 Å². The maximum absolute atomic E-state index is 13.3. The molecule has 3 heterocycles. The van der Waals surface area contributed by atoms with Gasteiger partial charge in [-0.3, -0.25) is 4.79 Å². The molecule has 0 spiro atoms. The summed E-state index contributed by atoms with van der Waals surface area (Å²) in [5.41, 5.74) is 0. The second-order valence-corrected chi connectivity index (χ2v) is 23.6. The van der Waals surface area contributed by atoms with Crippen LogP contribution in [-0.4, -0.2) is 193 Å². The lowest BCUT2D eigenvalue weighted by Crippen LogP contribution is -2.66. The predicted octanol–water partition coefficient (Wildman–Crippen LogP) is 6.94. The minimum Gasteiger partial charge on any atom is -0.394 e. The molecule has 0 aromatic heterocycles. The number of hydrogen-bond acceptors (Lipinski definition) is 18.